The topological polar surface area (TPSA) is 74.3 Å². The summed E-state index contributed by atoms with van der Waals surface area (Å²) in [5.41, 5.74) is 0. The van der Waals surface area contributed by atoms with E-state index in [2.05, 4.69) is 29.5 Å². The number of urea groups is 1. The number of hydrogen-bond donors (Lipinski definition) is 2. The van der Waals surface area contributed by atoms with E-state index in [1.165, 1.54) is 11.3 Å². The minimum atomic E-state index is -0.143. The van der Waals surface area contributed by atoms with Crippen molar-refractivity contribution in [3.05, 3.63) is 16.6 Å². The van der Waals surface area contributed by atoms with E-state index in [0.29, 0.717) is 19.0 Å². The van der Waals surface area contributed by atoms with Crippen molar-refractivity contribution in [1.82, 2.24) is 20.5 Å². The summed E-state index contributed by atoms with van der Waals surface area (Å²) in [6.45, 7) is 7.93. The van der Waals surface area contributed by atoms with E-state index in [1.807, 2.05) is 12.3 Å². The highest BCUT2D eigenvalue weighted by atomic mass is 32.1. The lowest BCUT2D eigenvalue weighted by atomic mass is 9.97. The van der Waals surface area contributed by atoms with Crippen molar-refractivity contribution in [1.29, 1.82) is 0 Å². The summed E-state index contributed by atoms with van der Waals surface area (Å²) in [5.74, 6) is 0.284. The average molecular weight is 338 g/mol. The summed E-state index contributed by atoms with van der Waals surface area (Å²) < 4.78 is 0. The van der Waals surface area contributed by atoms with Gasteiger partial charge in [0.2, 0.25) is 5.91 Å². The summed E-state index contributed by atoms with van der Waals surface area (Å²) in [7, 11) is 0. The Hall–Kier alpha value is -1.63. The highest BCUT2D eigenvalue weighted by Gasteiger charge is 2.29. The normalized spacial score (nSPS) is 19.5. The van der Waals surface area contributed by atoms with E-state index in [9.17, 15) is 9.59 Å². The van der Waals surface area contributed by atoms with Crippen LogP contribution < -0.4 is 10.6 Å². The standard InChI is InChI=1S/C16H26N4O2S/c1-11(2)9-18-16(22)20-7-4-5-13(10-20)14(21)19-12(3)15-17-6-8-23-15/h6,8,11-13H,4-5,7,9-10H2,1-3H3,(H,18,22)(H,19,21). The van der Waals surface area contributed by atoms with Crippen LogP contribution in [-0.4, -0.2) is 41.5 Å². The molecule has 2 rings (SSSR count). The SMILES string of the molecule is CC(C)CNC(=O)N1CCCC(C(=O)NC(C)c2nccs2)C1. The third-order valence-electron chi connectivity index (χ3n) is 3.92. The van der Waals surface area contributed by atoms with Gasteiger partial charge in [-0.25, -0.2) is 9.78 Å². The maximum Gasteiger partial charge on any atom is 0.317 e. The number of aromatic nitrogens is 1. The molecule has 2 N–H and O–H groups in total. The van der Waals surface area contributed by atoms with Crippen molar-refractivity contribution in [2.24, 2.45) is 11.8 Å². The van der Waals surface area contributed by atoms with Crippen LogP contribution >= 0.6 is 11.3 Å². The molecule has 2 atom stereocenters. The van der Waals surface area contributed by atoms with E-state index in [1.54, 1.807) is 11.1 Å². The lowest BCUT2D eigenvalue weighted by Crippen LogP contribution is -2.49. The molecule has 0 aliphatic carbocycles. The molecule has 6 nitrogen and oxygen atoms in total. The number of nitrogens with one attached hydrogen (secondary N) is 2. The molecule has 1 saturated heterocycles. The Morgan fingerprint density at radius 1 is 1.43 bits per heavy atom. The summed E-state index contributed by atoms with van der Waals surface area (Å²) in [5, 5.41) is 8.74. The predicted octanol–water partition coefficient (Wildman–Crippen LogP) is 2.40. The molecule has 0 aromatic carbocycles. The van der Waals surface area contributed by atoms with E-state index in [-0.39, 0.29) is 23.9 Å². The molecule has 128 valence electrons. The quantitative estimate of drug-likeness (QED) is 0.866. The zero-order valence-corrected chi connectivity index (χ0v) is 14.9. The average Bonchev–Trinajstić information content (AvgIpc) is 3.07. The molecule has 0 radical (unpaired) electrons. The van der Waals surface area contributed by atoms with Gasteiger partial charge >= 0.3 is 6.03 Å². The molecule has 23 heavy (non-hydrogen) atoms. The minimum absolute atomic E-state index is 0.00839. The largest absolute Gasteiger partial charge is 0.347 e. The maximum atomic E-state index is 12.4. The Kier molecular flexibility index (Phi) is 6.38. The zero-order valence-electron chi connectivity index (χ0n) is 14.0. The number of thiazole rings is 1. The Bertz CT molecular complexity index is 518. The van der Waals surface area contributed by atoms with Crippen molar-refractivity contribution < 1.29 is 9.59 Å². The van der Waals surface area contributed by atoms with E-state index < -0.39 is 0 Å². The number of nitrogens with zero attached hydrogens (tertiary/aromatic N) is 2. The molecule has 2 unspecified atom stereocenters. The van der Waals surface area contributed by atoms with Gasteiger partial charge in [0.05, 0.1) is 12.0 Å². The molecule has 1 aliphatic heterocycles. The van der Waals surface area contributed by atoms with Gasteiger partial charge in [-0.1, -0.05) is 13.8 Å². The Morgan fingerprint density at radius 3 is 2.87 bits per heavy atom. The first-order valence-corrected chi connectivity index (χ1v) is 9.08. The summed E-state index contributed by atoms with van der Waals surface area (Å²) >= 11 is 1.53. The molecule has 1 aromatic heterocycles. The lowest BCUT2D eigenvalue weighted by Gasteiger charge is -2.32. The van der Waals surface area contributed by atoms with Gasteiger partial charge in [0.25, 0.3) is 0 Å². The number of hydrogen-bond acceptors (Lipinski definition) is 4. The molecule has 0 bridgehead atoms. The monoisotopic (exact) mass is 338 g/mol. The fourth-order valence-corrected chi connectivity index (χ4v) is 3.27. The van der Waals surface area contributed by atoms with Crippen LogP contribution in [0.4, 0.5) is 4.79 Å². The van der Waals surface area contributed by atoms with Gasteiger partial charge in [-0.3, -0.25) is 4.79 Å². The van der Waals surface area contributed by atoms with Gasteiger partial charge < -0.3 is 15.5 Å². The van der Waals surface area contributed by atoms with Gasteiger partial charge in [0, 0.05) is 31.2 Å². The summed E-state index contributed by atoms with van der Waals surface area (Å²) in [4.78, 5) is 30.6. The fourth-order valence-electron chi connectivity index (χ4n) is 2.62. The maximum absolute atomic E-state index is 12.4. The molecule has 1 aliphatic rings. The van der Waals surface area contributed by atoms with Crippen molar-refractivity contribution in [3.8, 4) is 0 Å². The molecule has 0 spiro atoms. The van der Waals surface area contributed by atoms with E-state index >= 15 is 0 Å². The van der Waals surface area contributed by atoms with Gasteiger partial charge in [-0.05, 0) is 25.7 Å². The predicted molar refractivity (Wildman–Crippen MR) is 91.2 cm³/mol. The van der Waals surface area contributed by atoms with Crippen molar-refractivity contribution in [2.75, 3.05) is 19.6 Å². The van der Waals surface area contributed by atoms with Crippen LogP contribution in [0.15, 0.2) is 11.6 Å². The van der Waals surface area contributed by atoms with Crippen LogP contribution in [0, 0.1) is 11.8 Å². The van der Waals surface area contributed by atoms with Crippen LogP contribution in [-0.2, 0) is 4.79 Å². The number of likely N-dealkylation sites (tertiary alicyclic amines) is 1. The van der Waals surface area contributed by atoms with Crippen LogP contribution in [0.1, 0.15) is 44.7 Å². The Balaban J connectivity index is 1.85. The second-order valence-corrected chi connectivity index (χ2v) is 7.39. The van der Waals surface area contributed by atoms with Gasteiger partial charge in [-0.15, -0.1) is 11.3 Å². The lowest BCUT2D eigenvalue weighted by molar-refractivity contribution is -0.126. The number of carbonyl (C=O) groups is 2. The Labute approximate surface area is 141 Å². The summed E-state index contributed by atoms with van der Waals surface area (Å²) in [6.07, 6.45) is 3.42. The number of rotatable bonds is 5. The molecule has 2 heterocycles. The van der Waals surface area contributed by atoms with Crippen LogP contribution in [0.2, 0.25) is 0 Å². The molecular formula is C16H26N4O2S. The van der Waals surface area contributed by atoms with Gasteiger partial charge in [-0.2, -0.15) is 0 Å². The highest BCUT2D eigenvalue weighted by molar-refractivity contribution is 7.09. The van der Waals surface area contributed by atoms with Gasteiger partial charge in [0.15, 0.2) is 0 Å². The second kappa shape index (κ2) is 8.29. The Morgan fingerprint density at radius 2 is 2.22 bits per heavy atom. The van der Waals surface area contributed by atoms with Crippen molar-refractivity contribution >= 4 is 23.3 Å². The first-order chi connectivity index (χ1) is 11.0. The van der Waals surface area contributed by atoms with Gasteiger partial charge in [0.1, 0.15) is 5.01 Å². The number of amides is 3. The summed E-state index contributed by atoms with van der Waals surface area (Å²) in [6, 6.07) is -0.156. The van der Waals surface area contributed by atoms with E-state index in [4.69, 9.17) is 0 Å². The zero-order chi connectivity index (χ0) is 16.8. The third kappa shape index (κ3) is 5.20. The fraction of sp³-hybridized carbons (Fsp3) is 0.688. The third-order valence-corrected chi connectivity index (χ3v) is 4.88. The number of carbonyl (C=O) groups excluding carboxylic acids is 2. The smallest absolute Gasteiger partial charge is 0.317 e. The first kappa shape index (κ1) is 17.7. The molecule has 3 amide bonds. The molecule has 0 saturated carbocycles. The second-order valence-electron chi connectivity index (χ2n) is 6.47. The molecule has 1 aromatic rings. The van der Waals surface area contributed by atoms with E-state index in [0.717, 1.165) is 24.4 Å². The molecule has 1 fully saturated rings. The number of piperidine rings is 1. The van der Waals surface area contributed by atoms with Crippen molar-refractivity contribution in [2.45, 2.75) is 39.7 Å². The van der Waals surface area contributed by atoms with Crippen LogP contribution in [0.3, 0.4) is 0 Å². The van der Waals surface area contributed by atoms with Crippen molar-refractivity contribution in [3.63, 3.8) is 0 Å². The van der Waals surface area contributed by atoms with Crippen LogP contribution in [0.5, 0.6) is 0 Å². The minimum Gasteiger partial charge on any atom is -0.347 e. The highest BCUT2D eigenvalue weighted by Crippen LogP contribution is 2.20. The molecule has 7 heteroatoms. The molecular weight excluding hydrogens is 312 g/mol. The first-order valence-electron chi connectivity index (χ1n) is 8.20. The van der Waals surface area contributed by atoms with Crippen LogP contribution in [0.25, 0.3) is 0 Å².